The second-order valence-electron chi connectivity index (χ2n) is 5.04. The monoisotopic (exact) mass is 364 g/mol. The number of hydrogen-bond donors (Lipinski definition) is 2. The molecular formula is C13H18BrFN2O2S. The van der Waals surface area contributed by atoms with Crippen LogP contribution in [0, 0.1) is 11.7 Å². The molecule has 112 valence electrons. The highest BCUT2D eigenvalue weighted by molar-refractivity contribution is 9.10. The van der Waals surface area contributed by atoms with Crippen LogP contribution in [0.25, 0.3) is 0 Å². The van der Waals surface area contributed by atoms with E-state index in [0.717, 1.165) is 12.8 Å². The summed E-state index contributed by atoms with van der Waals surface area (Å²) in [5.41, 5.74) is 0.324. The topological polar surface area (TPSA) is 58.2 Å². The number of rotatable bonds is 6. The predicted octanol–water partition coefficient (Wildman–Crippen LogP) is 2.38. The van der Waals surface area contributed by atoms with Crippen LogP contribution in [-0.2, 0) is 16.6 Å². The maximum Gasteiger partial charge on any atom is 0.243 e. The summed E-state index contributed by atoms with van der Waals surface area (Å²) in [5.74, 6) is -0.319. The first-order valence-corrected chi connectivity index (χ1v) is 8.81. The van der Waals surface area contributed by atoms with Crippen molar-refractivity contribution in [2.75, 3.05) is 7.05 Å². The number of nitrogens with one attached hydrogen (secondary N) is 2. The molecule has 1 fully saturated rings. The minimum absolute atomic E-state index is 0.0591. The Balaban J connectivity index is 2.31. The summed E-state index contributed by atoms with van der Waals surface area (Å²) in [7, 11) is -2.13. The van der Waals surface area contributed by atoms with E-state index in [1.807, 2.05) is 6.92 Å². The van der Waals surface area contributed by atoms with Gasteiger partial charge < -0.3 is 5.32 Å². The van der Waals surface area contributed by atoms with E-state index >= 15 is 0 Å². The average Bonchev–Trinajstić information content (AvgIpc) is 3.11. The molecule has 0 amide bonds. The molecule has 0 saturated heterocycles. The van der Waals surface area contributed by atoms with Crippen LogP contribution in [-0.4, -0.2) is 21.5 Å². The lowest BCUT2D eigenvalue weighted by Crippen LogP contribution is -2.28. The zero-order valence-corrected chi connectivity index (χ0v) is 13.8. The van der Waals surface area contributed by atoms with Gasteiger partial charge >= 0.3 is 0 Å². The maximum atomic E-state index is 14.3. The molecular weight excluding hydrogens is 347 g/mol. The van der Waals surface area contributed by atoms with Crippen molar-refractivity contribution in [1.82, 2.24) is 10.0 Å². The van der Waals surface area contributed by atoms with Gasteiger partial charge in [0, 0.05) is 22.6 Å². The molecule has 1 aliphatic rings. The van der Waals surface area contributed by atoms with Crippen LogP contribution < -0.4 is 10.0 Å². The van der Waals surface area contributed by atoms with Gasteiger partial charge in [-0.15, -0.1) is 0 Å². The third kappa shape index (κ3) is 3.39. The minimum atomic E-state index is -3.82. The maximum absolute atomic E-state index is 14.3. The highest BCUT2D eigenvalue weighted by Gasteiger charge is 2.39. The SMILES string of the molecule is CCC1CC1NS(=O)(=O)c1cc(Br)cc(CNC)c1F. The Morgan fingerprint density at radius 1 is 1.45 bits per heavy atom. The highest BCUT2D eigenvalue weighted by atomic mass is 79.9. The number of benzene rings is 1. The highest BCUT2D eigenvalue weighted by Crippen LogP contribution is 2.35. The Morgan fingerprint density at radius 3 is 2.70 bits per heavy atom. The summed E-state index contributed by atoms with van der Waals surface area (Å²) in [5, 5.41) is 2.82. The van der Waals surface area contributed by atoms with Gasteiger partial charge in [-0.3, -0.25) is 0 Å². The van der Waals surface area contributed by atoms with Gasteiger partial charge in [-0.05, 0) is 31.5 Å². The summed E-state index contributed by atoms with van der Waals surface area (Å²) in [6.07, 6.45) is 1.76. The van der Waals surface area contributed by atoms with Crippen molar-refractivity contribution in [2.24, 2.45) is 5.92 Å². The Hall–Kier alpha value is -0.500. The predicted molar refractivity (Wildman–Crippen MR) is 79.4 cm³/mol. The summed E-state index contributed by atoms with van der Waals surface area (Å²) in [6.45, 7) is 2.29. The zero-order chi connectivity index (χ0) is 14.9. The van der Waals surface area contributed by atoms with Gasteiger partial charge in [-0.2, -0.15) is 0 Å². The number of hydrogen-bond acceptors (Lipinski definition) is 3. The molecule has 2 unspecified atom stereocenters. The van der Waals surface area contributed by atoms with Crippen molar-refractivity contribution in [1.29, 1.82) is 0 Å². The summed E-state index contributed by atoms with van der Waals surface area (Å²) in [4.78, 5) is -0.293. The molecule has 0 aromatic heterocycles. The fourth-order valence-electron chi connectivity index (χ4n) is 2.24. The normalized spacial score (nSPS) is 22.0. The molecule has 0 heterocycles. The Kier molecular flexibility index (Phi) is 4.84. The standard InChI is InChI=1S/C13H18BrFN2O2S/c1-3-8-5-11(8)17-20(18,19)12-6-10(14)4-9(7-16-2)13(12)15/h4,6,8,11,16-17H,3,5,7H2,1-2H3. The van der Waals surface area contributed by atoms with Crippen LogP contribution in [0.1, 0.15) is 25.3 Å². The first-order chi connectivity index (χ1) is 9.39. The number of halogens is 2. The van der Waals surface area contributed by atoms with Gasteiger partial charge in [0.15, 0.2) is 0 Å². The van der Waals surface area contributed by atoms with Gasteiger partial charge in [-0.25, -0.2) is 17.5 Å². The van der Waals surface area contributed by atoms with Crippen LogP contribution in [0.5, 0.6) is 0 Å². The van der Waals surface area contributed by atoms with Gasteiger partial charge in [0.2, 0.25) is 10.0 Å². The van der Waals surface area contributed by atoms with Crippen molar-refractivity contribution in [2.45, 2.75) is 37.2 Å². The third-order valence-electron chi connectivity index (χ3n) is 3.49. The lowest BCUT2D eigenvalue weighted by Gasteiger charge is -2.11. The van der Waals surface area contributed by atoms with E-state index in [9.17, 15) is 12.8 Å². The average molecular weight is 365 g/mol. The second kappa shape index (κ2) is 6.09. The van der Waals surface area contributed by atoms with Crippen LogP contribution in [0.2, 0.25) is 0 Å². The summed E-state index contributed by atoms with van der Waals surface area (Å²) in [6, 6.07) is 2.83. The van der Waals surface area contributed by atoms with Crippen molar-refractivity contribution in [3.05, 3.63) is 28.0 Å². The third-order valence-corrected chi connectivity index (χ3v) is 5.44. The van der Waals surface area contributed by atoms with Gasteiger partial charge in [0.05, 0.1) is 0 Å². The van der Waals surface area contributed by atoms with Crippen LogP contribution >= 0.6 is 15.9 Å². The molecule has 1 aromatic rings. The van der Waals surface area contributed by atoms with E-state index in [1.165, 1.54) is 6.07 Å². The van der Waals surface area contributed by atoms with Gasteiger partial charge in [0.1, 0.15) is 10.7 Å². The Labute approximate surface area is 127 Å². The Morgan fingerprint density at radius 2 is 2.15 bits per heavy atom. The quantitative estimate of drug-likeness (QED) is 0.814. The molecule has 20 heavy (non-hydrogen) atoms. The molecule has 2 rings (SSSR count). The van der Waals surface area contributed by atoms with Crippen molar-refractivity contribution in [3.63, 3.8) is 0 Å². The Bertz CT molecular complexity index is 607. The fourth-order valence-corrected chi connectivity index (χ4v) is 4.36. The number of sulfonamides is 1. The van der Waals surface area contributed by atoms with Crippen LogP contribution in [0.3, 0.4) is 0 Å². The molecule has 1 aromatic carbocycles. The van der Waals surface area contributed by atoms with E-state index < -0.39 is 15.8 Å². The van der Waals surface area contributed by atoms with Crippen LogP contribution in [0.15, 0.2) is 21.5 Å². The molecule has 2 N–H and O–H groups in total. The smallest absolute Gasteiger partial charge is 0.243 e. The molecule has 0 bridgehead atoms. The molecule has 1 aliphatic carbocycles. The van der Waals surface area contributed by atoms with E-state index in [0.29, 0.717) is 16.0 Å². The van der Waals surface area contributed by atoms with E-state index in [4.69, 9.17) is 0 Å². The van der Waals surface area contributed by atoms with Gasteiger partial charge in [-0.1, -0.05) is 29.3 Å². The first-order valence-electron chi connectivity index (χ1n) is 6.54. The molecule has 4 nitrogen and oxygen atoms in total. The first kappa shape index (κ1) is 15.9. The van der Waals surface area contributed by atoms with Crippen molar-refractivity contribution in [3.8, 4) is 0 Å². The molecule has 7 heteroatoms. The largest absolute Gasteiger partial charge is 0.316 e. The fraction of sp³-hybridized carbons (Fsp3) is 0.538. The second-order valence-corrected chi connectivity index (χ2v) is 7.64. The van der Waals surface area contributed by atoms with E-state index in [1.54, 1.807) is 13.1 Å². The van der Waals surface area contributed by atoms with Crippen LogP contribution in [0.4, 0.5) is 4.39 Å². The molecule has 0 radical (unpaired) electrons. The molecule has 2 atom stereocenters. The van der Waals surface area contributed by atoms with Gasteiger partial charge in [0.25, 0.3) is 0 Å². The molecule has 0 aliphatic heterocycles. The molecule has 1 saturated carbocycles. The lowest BCUT2D eigenvalue weighted by molar-refractivity contribution is 0.543. The van der Waals surface area contributed by atoms with E-state index in [2.05, 4.69) is 26.0 Å². The van der Waals surface area contributed by atoms with Crippen molar-refractivity contribution >= 4 is 26.0 Å². The zero-order valence-electron chi connectivity index (χ0n) is 11.4. The minimum Gasteiger partial charge on any atom is -0.316 e. The summed E-state index contributed by atoms with van der Waals surface area (Å²) >= 11 is 3.23. The van der Waals surface area contributed by atoms with E-state index in [-0.39, 0.29) is 17.5 Å². The molecule has 0 spiro atoms. The lowest BCUT2D eigenvalue weighted by atomic mass is 10.2. The van der Waals surface area contributed by atoms with Crippen molar-refractivity contribution < 1.29 is 12.8 Å². The summed E-state index contributed by atoms with van der Waals surface area (Å²) < 4.78 is 42.0.